The molecule has 2 aliphatic rings. The van der Waals surface area contributed by atoms with E-state index >= 15 is 0 Å². The van der Waals surface area contributed by atoms with Crippen molar-refractivity contribution in [3.8, 4) is 11.5 Å². The fourth-order valence-corrected chi connectivity index (χ4v) is 4.19. The lowest BCUT2D eigenvalue weighted by Crippen LogP contribution is -2.60. The number of hydrogen-bond acceptors (Lipinski definition) is 6. The van der Waals surface area contributed by atoms with Crippen LogP contribution in [0.1, 0.15) is 42.5 Å². The molecule has 7 heteroatoms. The van der Waals surface area contributed by atoms with Gasteiger partial charge in [-0.1, -0.05) is 19.3 Å². The number of nitrogens with zero attached hydrogens (tertiary/aromatic N) is 1. The number of carbonyl (C=O) groups is 2. The zero-order valence-electron chi connectivity index (χ0n) is 16.6. The van der Waals surface area contributed by atoms with Gasteiger partial charge in [-0.2, -0.15) is 0 Å². The topological polar surface area (TPSA) is 77.1 Å². The number of ether oxygens (including phenoxy) is 3. The van der Waals surface area contributed by atoms with E-state index in [2.05, 4.69) is 10.2 Å². The number of amides is 1. The van der Waals surface area contributed by atoms with E-state index in [0.717, 1.165) is 45.4 Å². The first-order valence-electron chi connectivity index (χ1n) is 10.0. The first-order chi connectivity index (χ1) is 13.7. The molecule has 1 N–H and O–H groups in total. The summed E-state index contributed by atoms with van der Waals surface area (Å²) in [7, 11) is 1.51. The molecular weight excluding hydrogens is 360 g/mol. The van der Waals surface area contributed by atoms with Gasteiger partial charge in [0.1, 0.15) is 6.29 Å². The number of benzene rings is 1. The minimum absolute atomic E-state index is 0.0288. The van der Waals surface area contributed by atoms with E-state index in [0.29, 0.717) is 23.6 Å². The van der Waals surface area contributed by atoms with Crippen molar-refractivity contribution in [3.63, 3.8) is 0 Å². The number of hydrogen-bond donors (Lipinski definition) is 1. The Labute approximate surface area is 166 Å². The molecule has 7 nitrogen and oxygen atoms in total. The highest BCUT2D eigenvalue weighted by atomic mass is 16.5. The van der Waals surface area contributed by atoms with Crippen LogP contribution in [0.2, 0.25) is 0 Å². The van der Waals surface area contributed by atoms with Gasteiger partial charge in [0.2, 0.25) is 0 Å². The predicted octanol–water partition coefficient (Wildman–Crippen LogP) is 2.04. The van der Waals surface area contributed by atoms with Gasteiger partial charge in [-0.15, -0.1) is 0 Å². The maximum atomic E-state index is 12.4. The summed E-state index contributed by atoms with van der Waals surface area (Å²) in [5.41, 5.74) is 0.527. The lowest BCUT2D eigenvalue weighted by atomic mass is 9.79. The zero-order valence-corrected chi connectivity index (χ0v) is 16.6. The van der Waals surface area contributed by atoms with Crippen molar-refractivity contribution in [2.75, 3.05) is 46.6 Å². The second kappa shape index (κ2) is 9.89. The molecule has 1 aliphatic heterocycles. The Morgan fingerprint density at radius 2 is 1.96 bits per heavy atom. The standard InChI is InChI=1S/C21H30N2O5/c1-26-19-13-17(14-24)5-6-18(19)28-15-20(25)22-16-21(7-3-2-4-8-21)23-9-11-27-12-10-23/h5-6,13-14H,2-4,7-12,15-16H2,1H3,(H,22,25). The molecule has 1 amide bonds. The van der Waals surface area contributed by atoms with Gasteiger partial charge in [-0.05, 0) is 31.0 Å². The Bertz CT molecular complexity index is 667. The van der Waals surface area contributed by atoms with Crippen LogP contribution in [0, 0.1) is 0 Å². The highest BCUT2D eigenvalue weighted by Crippen LogP contribution is 2.34. The predicted molar refractivity (Wildman–Crippen MR) is 105 cm³/mol. The molecule has 0 spiro atoms. The van der Waals surface area contributed by atoms with E-state index in [-0.39, 0.29) is 18.1 Å². The normalized spacial score (nSPS) is 19.6. The molecule has 1 aromatic carbocycles. The smallest absolute Gasteiger partial charge is 0.258 e. The molecule has 28 heavy (non-hydrogen) atoms. The monoisotopic (exact) mass is 390 g/mol. The number of aldehydes is 1. The molecule has 1 heterocycles. The summed E-state index contributed by atoms with van der Waals surface area (Å²) < 4.78 is 16.4. The van der Waals surface area contributed by atoms with E-state index in [1.165, 1.54) is 26.4 Å². The zero-order chi connectivity index (χ0) is 19.8. The molecular formula is C21H30N2O5. The third-order valence-corrected chi connectivity index (χ3v) is 5.76. The fourth-order valence-electron chi connectivity index (χ4n) is 4.19. The average molecular weight is 390 g/mol. The van der Waals surface area contributed by atoms with Crippen LogP contribution in [0.15, 0.2) is 18.2 Å². The molecule has 0 bridgehead atoms. The maximum absolute atomic E-state index is 12.4. The molecule has 1 aromatic rings. The van der Waals surface area contributed by atoms with Crippen molar-refractivity contribution >= 4 is 12.2 Å². The summed E-state index contributed by atoms with van der Waals surface area (Å²) in [6.07, 6.45) is 6.62. The minimum atomic E-state index is -0.153. The van der Waals surface area contributed by atoms with Crippen molar-refractivity contribution in [2.24, 2.45) is 0 Å². The van der Waals surface area contributed by atoms with Crippen LogP contribution in [0.4, 0.5) is 0 Å². The molecule has 0 unspecified atom stereocenters. The van der Waals surface area contributed by atoms with Gasteiger partial charge in [-0.25, -0.2) is 0 Å². The third-order valence-electron chi connectivity index (χ3n) is 5.76. The molecule has 154 valence electrons. The Morgan fingerprint density at radius 3 is 2.64 bits per heavy atom. The highest BCUT2D eigenvalue weighted by molar-refractivity contribution is 5.78. The molecule has 1 saturated heterocycles. The van der Waals surface area contributed by atoms with Crippen LogP contribution in [-0.2, 0) is 9.53 Å². The van der Waals surface area contributed by atoms with E-state index in [1.54, 1.807) is 18.2 Å². The van der Waals surface area contributed by atoms with E-state index < -0.39 is 0 Å². The SMILES string of the molecule is COc1cc(C=O)ccc1OCC(=O)NCC1(N2CCOCC2)CCCCC1. The fraction of sp³-hybridized carbons (Fsp3) is 0.619. The first-order valence-corrected chi connectivity index (χ1v) is 10.0. The van der Waals surface area contributed by atoms with Crippen molar-refractivity contribution in [3.05, 3.63) is 23.8 Å². The second-order valence-corrected chi connectivity index (χ2v) is 7.48. The lowest BCUT2D eigenvalue weighted by Gasteiger charge is -2.48. The van der Waals surface area contributed by atoms with E-state index in [1.807, 2.05) is 0 Å². The minimum Gasteiger partial charge on any atom is -0.493 e. The van der Waals surface area contributed by atoms with Crippen LogP contribution in [-0.4, -0.2) is 69.2 Å². The van der Waals surface area contributed by atoms with E-state index in [9.17, 15) is 9.59 Å². The van der Waals surface area contributed by atoms with Crippen LogP contribution in [0.5, 0.6) is 11.5 Å². The summed E-state index contributed by atoms with van der Waals surface area (Å²) in [5, 5.41) is 3.08. The number of methoxy groups -OCH3 is 1. The van der Waals surface area contributed by atoms with Crippen molar-refractivity contribution in [1.29, 1.82) is 0 Å². The number of morpholine rings is 1. The summed E-state index contributed by atoms with van der Waals surface area (Å²) in [5.74, 6) is 0.734. The number of carbonyl (C=O) groups excluding carboxylic acids is 2. The largest absolute Gasteiger partial charge is 0.493 e. The highest BCUT2D eigenvalue weighted by Gasteiger charge is 2.38. The van der Waals surface area contributed by atoms with E-state index in [4.69, 9.17) is 14.2 Å². The van der Waals surface area contributed by atoms with Gasteiger partial charge in [0.15, 0.2) is 18.1 Å². The molecule has 3 rings (SSSR count). The molecule has 2 fully saturated rings. The Balaban J connectivity index is 1.55. The summed E-state index contributed by atoms with van der Waals surface area (Å²) in [4.78, 5) is 25.8. The second-order valence-electron chi connectivity index (χ2n) is 7.48. The first kappa shape index (κ1) is 20.6. The van der Waals surface area contributed by atoms with Crippen molar-refractivity contribution in [1.82, 2.24) is 10.2 Å². The van der Waals surface area contributed by atoms with Crippen molar-refractivity contribution in [2.45, 2.75) is 37.6 Å². The van der Waals surface area contributed by atoms with Gasteiger partial charge in [0.25, 0.3) is 5.91 Å². The summed E-state index contributed by atoms with van der Waals surface area (Å²) in [6, 6.07) is 4.88. The van der Waals surface area contributed by atoms with Crippen LogP contribution in [0.3, 0.4) is 0 Å². The van der Waals surface area contributed by atoms with Crippen LogP contribution in [0.25, 0.3) is 0 Å². The van der Waals surface area contributed by atoms with Gasteiger partial charge in [0, 0.05) is 30.7 Å². The lowest BCUT2D eigenvalue weighted by molar-refractivity contribution is -0.124. The molecule has 1 saturated carbocycles. The molecule has 0 aromatic heterocycles. The number of rotatable bonds is 8. The Kier molecular flexibility index (Phi) is 7.28. The maximum Gasteiger partial charge on any atom is 0.258 e. The van der Waals surface area contributed by atoms with Crippen LogP contribution < -0.4 is 14.8 Å². The summed E-state index contributed by atoms with van der Waals surface area (Å²) >= 11 is 0. The van der Waals surface area contributed by atoms with Gasteiger partial charge < -0.3 is 19.5 Å². The average Bonchev–Trinajstić information content (AvgIpc) is 2.77. The third kappa shape index (κ3) is 5.02. The van der Waals surface area contributed by atoms with Crippen LogP contribution >= 0.6 is 0 Å². The van der Waals surface area contributed by atoms with Gasteiger partial charge >= 0.3 is 0 Å². The molecule has 0 radical (unpaired) electrons. The molecule has 1 aliphatic carbocycles. The Morgan fingerprint density at radius 1 is 1.21 bits per heavy atom. The quantitative estimate of drug-likeness (QED) is 0.685. The van der Waals surface area contributed by atoms with Gasteiger partial charge in [-0.3, -0.25) is 14.5 Å². The summed E-state index contributed by atoms with van der Waals surface area (Å²) in [6.45, 7) is 3.91. The van der Waals surface area contributed by atoms with Gasteiger partial charge in [0.05, 0.1) is 20.3 Å². The Hall–Kier alpha value is -2.12. The molecule has 0 atom stereocenters. The number of nitrogens with one attached hydrogen (secondary N) is 1. The van der Waals surface area contributed by atoms with Crippen molar-refractivity contribution < 1.29 is 23.8 Å².